The van der Waals surface area contributed by atoms with E-state index in [-0.39, 0.29) is 25.7 Å². The molecule has 0 saturated carbocycles. The molecule has 0 aliphatic rings. The highest BCUT2D eigenvalue weighted by Gasteiger charge is 2.31. The van der Waals surface area contributed by atoms with Crippen LogP contribution in [0, 0.1) is 23.7 Å². The van der Waals surface area contributed by atoms with Gasteiger partial charge in [0.1, 0.15) is 19.3 Å². The minimum atomic E-state index is -4.97. The Balaban J connectivity index is 5.20. The van der Waals surface area contributed by atoms with Crippen LogP contribution < -0.4 is 0 Å². The number of carbonyl (C=O) groups is 4. The average Bonchev–Trinajstić information content (AvgIpc) is 0.918. The van der Waals surface area contributed by atoms with E-state index in [4.69, 9.17) is 37.0 Å². The molecule has 0 spiro atoms. The molecule has 0 heterocycles. The fraction of sp³-hybridized carbons (Fsp3) is 0.953. The van der Waals surface area contributed by atoms with Crippen LogP contribution in [0.1, 0.15) is 447 Å². The van der Waals surface area contributed by atoms with Crippen LogP contribution in [0.25, 0.3) is 0 Å². The molecule has 0 fully saturated rings. The Kier molecular flexibility index (Phi) is 73.4. The summed E-state index contributed by atoms with van der Waals surface area (Å²) in [7, 11) is -9.93. The third kappa shape index (κ3) is 78.5. The summed E-state index contributed by atoms with van der Waals surface area (Å²) in [6.45, 7) is 14.3. The lowest BCUT2D eigenvalue weighted by atomic mass is 10.00. The summed E-state index contributed by atoms with van der Waals surface area (Å²) in [4.78, 5) is 73.2. The fourth-order valence-electron chi connectivity index (χ4n) is 13.3. The van der Waals surface area contributed by atoms with Crippen molar-refractivity contribution in [2.24, 2.45) is 23.7 Å². The van der Waals surface area contributed by atoms with Crippen molar-refractivity contribution >= 4 is 39.5 Å². The third-order valence-corrected chi connectivity index (χ3v) is 22.3. The molecule has 0 rings (SSSR count). The lowest BCUT2D eigenvalue weighted by Gasteiger charge is -2.21. The number of phosphoric acid groups is 2. The van der Waals surface area contributed by atoms with Gasteiger partial charge >= 0.3 is 39.5 Å². The summed E-state index contributed by atoms with van der Waals surface area (Å²) in [5.41, 5.74) is 0. The molecular weight excluding hydrogens is 1370 g/mol. The molecule has 17 nitrogen and oxygen atoms in total. The lowest BCUT2D eigenvalue weighted by molar-refractivity contribution is -0.161. The van der Waals surface area contributed by atoms with Gasteiger partial charge in [-0.25, -0.2) is 9.13 Å². The van der Waals surface area contributed by atoms with E-state index in [1.54, 1.807) is 0 Å². The maximum Gasteiger partial charge on any atom is 0.472 e. The van der Waals surface area contributed by atoms with Gasteiger partial charge in [-0.15, -0.1) is 0 Å². The van der Waals surface area contributed by atoms with Crippen LogP contribution in [0.4, 0.5) is 0 Å². The number of carbonyl (C=O) groups excluding carboxylic acids is 4. The first-order chi connectivity index (χ1) is 50.6. The van der Waals surface area contributed by atoms with Crippen molar-refractivity contribution in [3.8, 4) is 0 Å². The molecule has 0 bridgehead atoms. The SMILES string of the molecule is CCC(C)CCCCCCCCC(=O)OC[C@H](COP(=O)(O)OC[C@H](O)COP(=O)(O)OC[C@@H](COC(=O)CCCCCCCCCCCCCCCCCCCCC(C)C)OC(=O)CCCCCCCCCCCCCCC(C)C)OC(=O)CCCCCCCCCCCCCCCCCCC(C)C. The second-order valence-corrected chi connectivity index (χ2v) is 35.5. The maximum atomic E-state index is 13.1. The Morgan fingerprint density at radius 1 is 0.267 bits per heavy atom. The number of hydrogen-bond donors (Lipinski definition) is 3. The summed E-state index contributed by atoms with van der Waals surface area (Å²) < 4.78 is 68.9. The molecule has 0 aliphatic carbocycles. The number of aliphatic hydroxyl groups is 1. The Morgan fingerprint density at radius 2 is 0.457 bits per heavy atom. The predicted octanol–water partition coefficient (Wildman–Crippen LogP) is 25.9. The Morgan fingerprint density at radius 3 is 0.676 bits per heavy atom. The third-order valence-electron chi connectivity index (χ3n) is 20.4. The molecule has 0 aliphatic heterocycles. The highest BCUT2D eigenvalue weighted by atomic mass is 31.2. The van der Waals surface area contributed by atoms with Crippen LogP contribution in [-0.4, -0.2) is 96.7 Å². The molecule has 3 N–H and O–H groups in total. The van der Waals surface area contributed by atoms with Gasteiger partial charge in [0.05, 0.1) is 26.4 Å². The second-order valence-electron chi connectivity index (χ2n) is 32.6. The van der Waals surface area contributed by atoms with E-state index in [0.717, 1.165) is 120 Å². The van der Waals surface area contributed by atoms with Gasteiger partial charge in [-0.1, -0.05) is 396 Å². The summed E-state index contributed by atoms with van der Waals surface area (Å²) in [6.07, 6.45) is 64.0. The molecule has 0 amide bonds. The zero-order valence-electron chi connectivity index (χ0n) is 69.4. The van der Waals surface area contributed by atoms with Crippen molar-refractivity contribution in [2.75, 3.05) is 39.6 Å². The van der Waals surface area contributed by atoms with E-state index in [0.29, 0.717) is 25.7 Å². The summed E-state index contributed by atoms with van der Waals surface area (Å²) in [5.74, 6) is 1.03. The first-order valence-corrected chi connectivity index (χ1v) is 47.2. The van der Waals surface area contributed by atoms with Crippen LogP contribution in [0.2, 0.25) is 0 Å². The Bertz CT molecular complexity index is 2040. The maximum absolute atomic E-state index is 13.1. The zero-order valence-corrected chi connectivity index (χ0v) is 71.2. The van der Waals surface area contributed by atoms with Gasteiger partial charge in [-0.05, 0) is 49.4 Å². The number of ether oxygens (including phenoxy) is 4. The van der Waals surface area contributed by atoms with Crippen LogP contribution in [0.5, 0.6) is 0 Å². The number of phosphoric ester groups is 2. The molecule has 3 unspecified atom stereocenters. The quantitative estimate of drug-likeness (QED) is 0.0222. The predicted molar refractivity (Wildman–Crippen MR) is 432 cm³/mol. The molecule has 0 aromatic rings. The van der Waals surface area contributed by atoms with Crippen molar-refractivity contribution in [3.05, 3.63) is 0 Å². The second kappa shape index (κ2) is 74.8. The highest BCUT2D eigenvalue weighted by Crippen LogP contribution is 2.45. The standard InChI is InChI=1S/C86H168O17P2/c1-9-79(8)65-57-49-44-45-51-59-67-84(89)97-73-82(103-86(91)68-60-52-42-36-30-23-19-15-14-17-21-27-33-39-47-55-63-77(4)5)75-101-105(94,95)99-71-80(87)70-98-104(92,93)100-74-81(102-85(90)69-61-53-43-37-31-25-24-28-34-40-48-56-64-78(6)7)72-96-83(88)66-58-50-41-35-29-22-18-13-11-10-12-16-20-26-32-38-46-54-62-76(2)3/h76-82,87H,9-75H2,1-8H3,(H,92,93)(H,94,95)/t79?,80-,81-,82-/m1/s1. The van der Waals surface area contributed by atoms with Gasteiger partial charge in [-0.2, -0.15) is 0 Å². The van der Waals surface area contributed by atoms with E-state index in [1.165, 1.54) is 244 Å². The minimum Gasteiger partial charge on any atom is -0.462 e. The largest absolute Gasteiger partial charge is 0.472 e. The summed E-state index contributed by atoms with van der Waals surface area (Å²) in [6, 6.07) is 0. The van der Waals surface area contributed by atoms with E-state index in [2.05, 4.69) is 55.4 Å². The van der Waals surface area contributed by atoms with Gasteiger partial charge < -0.3 is 33.8 Å². The molecule has 6 atom stereocenters. The topological polar surface area (TPSA) is 237 Å². The molecule has 0 saturated heterocycles. The van der Waals surface area contributed by atoms with Crippen LogP contribution >= 0.6 is 15.6 Å². The first kappa shape index (κ1) is 103. The number of unbranched alkanes of at least 4 members (excludes halogenated alkanes) is 48. The number of esters is 4. The van der Waals surface area contributed by atoms with Crippen molar-refractivity contribution in [3.63, 3.8) is 0 Å². The summed E-state index contributed by atoms with van der Waals surface area (Å²) >= 11 is 0. The van der Waals surface area contributed by atoms with E-state index >= 15 is 0 Å². The van der Waals surface area contributed by atoms with Crippen LogP contribution in [0.15, 0.2) is 0 Å². The lowest BCUT2D eigenvalue weighted by Crippen LogP contribution is -2.30. The number of aliphatic hydroxyl groups excluding tert-OH is 1. The van der Waals surface area contributed by atoms with E-state index < -0.39 is 97.5 Å². The zero-order chi connectivity index (χ0) is 77.4. The monoisotopic (exact) mass is 1540 g/mol. The van der Waals surface area contributed by atoms with Crippen molar-refractivity contribution in [1.29, 1.82) is 0 Å². The molecule has 0 aromatic heterocycles. The van der Waals surface area contributed by atoms with Gasteiger partial charge in [-0.3, -0.25) is 37.3 Å². The highest BCUT2D eigenvalue weighted by molar-refractivity contribution is 7.47. The van der Waals surface area contributed by atoms with Gasteiger partial charge in [0, 0.05) is 25.7 Å². The van der Waals surface area contributed by atoms with Crippen LogP contribution in [0.3, 0.4) is 0 Å². The van der Waals surface area contributed by atoms with Crippen molar-refractivity contribution in [1.82, 2.24) is 0 Å². The van der Waals surface area contributed by atoms with Gasteiger partial charge in [0.2, 0.25) is 0 Å². The van der Waals surface area contributed by atoms with Gasteiger partial charge in [0.15, 0.2) is 12.2 Å². The van der Waals surface area contributed by atoms with Crippen LogP contribution in [-0.2, 0) is 65.4 Å². The van der Waals surface area contributed by atoms with E-state index in [9.17, 15) is 43.2 Å². The minimum absolute atomic E-state index is 0.107. The van der Waals surface area contributed by atoms with Crippen molar-refractivity contribution in [2.45, 2.75) is 465 Å². The first-order valence-electron chi connectivity index (χ1n) is 44.2. The molecule has 624 valence electrons. The van der Waals surface area contributed by atoms with Crippen molar-refractivity contribution < 1.29 is 80.2 Å². The Hall–Kier alpha value is -1.94. The Labute approximate surface area is 645 Å². The normalized spacial score (nSPS) is 14.2. The number of rotatable bonds is 83. The molecule has 19 heteroatoms. The number of hydrogen-bond acceptors (Lipinski definition) is 15. The molecule has 105 heavy (non-hydrogen) atoms. The fourth-order valence-corrected chi connectivity index (χ4v) is 14.9. The smallest absolute Gasteiger partial charge is 0.462 e. The van der Waals surface area contributed by atoms with E-state index in [1.807, 2.05) is 0 Å². The molecule has 0 radical (unpaired) electrons. The molecular formula is C86H168O17P2. The molecule has 0 aromatic carbocycles. The van der Waals surface area contributed by atoms with Gasteiger partial charge in [0.25, 0.3) is 0 Å². The average molecular weight is 1540 g/mol. The summed E-state index contributed by atoms with van der Waals surface area (Å²) in [5, 5.41) is 10.7.